The van der Waals surface area contributed by atoms with Crippen LogP contribution >= 0.6 is 58.0 Å². The zero-order valence-corrected chi connectivity index (χ0v) is 85.1. The van der Waals surface area contributed by atoms with Crippen LogP contribution in [0.3, 0.4) is 0 Å². The van der Waals surface area contributed by atoms with E-state index in [4.69, 9.17) is 104 Å². The summed E-state index contributed by atoms with van der Waals surface area (Å²) in [4.78, 5) is 139. The summed E-state index contributed by atoms with van der Waals surface area (Å²) in [6.45, 7) is 27.7. The highest BCUT2D eigenvalue weighted by molar-refractivity contribution is 6.65. The van der Waals surface area contributed by atoms with Gasteiger partial charge in [-0.1, -0.05) is 145 Å². The normalized spacial score (nSPS) is 14.2. The molecule has 39 nitrogen and oxygen atoms in total. The van der Waals surface area contributed by atoms with Gasteiger partial charge in [0.2, 0.25) is 5.24 Å². The summed E-state index contributed by atoms with van der Waals surface area (Å²) < 4.78 is 24.8. The number of nitrogens with two attached hydrogens (primary N) is 1. The highest BCUT2D eigenvalue weighted by Gasteiger charge is 2.43. The Bertz CT molecular complexity index is 6560. The maximum atomic E-state index is 13.9. The Labute approximate surface area is 854 Å². The van der Waals surface area contributed by atoms with Crippen LogP contribution in [0.25, 0.3) is 54.7 Å². The average molecular weight is 2070 g/mol. The number of fused-ring (bicyclic) bond motifs is 9. The van der Waals surface area contributed by atoms with Crippen molar-refractivity contribution in [3.63, 3.8) is 0 Å². The molecule has 11 aromatic rings. The molecule has 0 saturated heterocycles. The molecule has 0 saturated carbocycles. The molecule has 756 valence electrons. The second-order valence-electron chi connectivity index (χ2n) is 35.8. The van der Waals surface area contributed by atoms with Crippen LogP contribution in [0.1, 0.15) is 169 Å². The first-order chi connectivity index (χ1) is 67.8. The fourth-order valence-corrected chi connectivity index (χ4v) is 14.8. The lowest BCUT2D eigenvalue weighted by molar-refractivity contribution is -0.158. The number of carboxylic acids is 3. The summed E-state index contributed by atoms with van der Waals surface area (Å²) in [6, 6.07) is 52.8. The highest BCUT2D eigenvalue weighted by atomic mass is 35.5. The topological polar surface area (TPSA) is 543 Å². The molecule has 144 heavy (non-hydrogen) atoms. The molecule has 3 unspecified atom stereocenters. The number of hydrogen-bond acceptors (Lipinski definition) is 26. The van der Waals surface area contributed by atoms with Crippen LogP contribution < -0.4 is 25.8 Å². The van der Waals surface area contributed by atoms with Gasteiger partial charge >= 0.3 is 41.8 Å². The van der Waals surface area contributed by atoms with Gasteiger partial charge in [-0.05, 0) is 261 Å². The molecular weight excluding hydrogens is 1960 g/mol. The number of anilines is 8. The second-order valence-corrected chi connectivity index (χ2v) is 37.9. The van der Waals surface area contributed by atoms with Gasteiger partial charge in [0, 0.05) is 87.9 Å². The lowest BCUT2D eigenvalue weighted by atomic mass is 10.1. The summed E-state index contributed by atoms with van der Waals surface area (Å²) >= 11 is 29.0. The third-order valence-corrected chi connectivity index (χ3v) is 21.2. The Kier molecular flexibility index (Phi) is 40.9. The molecule has 3 aromatic heterocycles. The number of aliphatic hydroxyl groups excluding tert-OH is 1. The van der Waals surface area contributed by atoms with E-state index in [-0.39, 0.29) is 44.1 Å². The van der Waals surface area contributed by atoms with Gasteiger partial charge in [-0.25, -0.2) is 14.0 Å². The van der Waals surface area contributed by atoms with Crippen molar-refractivity contribution in [2.45, 2.75) is 208 Å². The van der Waals surface area contributed by atoms with Gasteiger partial charge in [0.1, 0.15) is 58.7 Å². The second kappa shape index (κ2) is 51.5. The number of benzene rings is 8. The molecule has 0 radical (unpaired) electrons. The van der Waals surface area contributed by atoms with Crippen molar-refractivity contribution in [2.24, 2.45) is 16.0 Å². The van der Waals surface area contributed by atoms with Crippen molar-refractivity contribution in [3.8, 4) is 45.6 Å². The van der Waals surface area contributed by atoms with Gasteiger partial charge < -0.3 is 50.4 Å². The molecule has 0 bridgehead atoms. The fraction of sp³-hybridized carbons (Fsp3) is 0.330. The average Bonchev–Trinajstić information content (AvgIpc) is 1.61. The van der Waals surface area contributed by atoms with Crippen molar-refractivity contribution in [2.75, 3.05) is 26.6 Å². The molecule has 0 fully saturated rings. The number of amides is 3. The van der Waals surface area contributed by atoms with Crippen molar-refractivity contribution in [1.82, 2.24) is 45.0 Å². The molecule has 6 atom stereocenters. The predicted octanol–water partition coefficient (Wildman–Crippen LogP) is 20.2. The number of aliphatic carboxylic acids is 3. The number of hydrogen-bond donors (Lipinski definition) is 6. The number of carbonyl (C=O) groups is 11. The standard InChI is InChI=1S/C23H23ClN4O3.C19H15ClN4O3.C19H17ClN4O2.C15H12ClN.C8H12ClN3O3.C8H13N3O4.C8H15NO4/c1-14-21-17-7-5-6-8-18(17)27(16-11-9-15(24)10-12-16)22(30)19(28(21)26-25-14)13-20(29)31-23(2,3)4;1-11-18-14-4-2-3-5-15(14)23(13-8-6-12(20)7-9-13)19(27)16(10-17(25)26)24(18)22-21-11;1-12-18-15-4-2-3-5-16(15)23(14-8-6-13(20)7-9-14)19(26)17(10-11-25)24(18)22-21-12;1-2-5-12-6-3-4-7-15(12)17-14-10-8-13(16)9-11-14;1-8(2,3)15-6(13)4-5(7(9)14)11-12-10;1-8(2,3)15-6(12)4-5(7(13)14)10-11-9;1-8(2,3)13-6(10)4-5(9)7(11)12/h5-12,19H,13H2,1-4H3;2-9,16H,10H2,1H3,(H,25,26);2-9,17,25H,10-11H2,1H3;3-4,6-11,17H,1H3;5H,4H2,1-3H3;5H,4H2,1-3H3,(H,13,14);5H,4,9H2,1-3H3,(H,11,12)/t;;;;3*5-/m....000/s1. The Balaban J connectivity index is 0.000000210. The number of para-hydroxylation sites is 4. The zero-order valence-electron chi connectivity index (χ0n) is 81.3. The molecule has 14 rings (SSSR count). The van der Waals surface area contributed by atoms with Crippen molar-refractivity contribution in [1.29, 1.82) is 0 Å². The van der Waals surface area contributed by atoms with E-state index in [1.54, 1.807) is 165 Å². The van der Waals surface area contributed by atoms with Gasteiger partial charge in [0.05, 0.1) is 89.0 Å². The number of ether oxygens (including phenoxy) is 4. The lowest BCUT2D eigenvalue weighted by Gasteiger charge is -2.26. The number of aliphatic hydroxyl groups is 1. The van der Waals surface area contributed by atoms with Gasteiger partial charge in [-0.3, -0.25) is 67.4 Å². The quantitative estimate of drug-likeness (QED) is 0.00698. The Hall–Kier alpha value is -15.1. The minimum atomic E-state index is -1.41. The first-order valence-corrected chi connectivity index (χ1v) is 46.2. The first-order valence-electron chi connectivity index (χ1n) is 44.3. The van der Waals surface area contributed by atoms with Gasteiger partial charge in [0.25, 0.3) is 17.7 Å². The lowest BCUT2D eigenvalue weighted by Crippen LogP contribution is -2.36. The molecule has 8 aromatic carbocycles. The summed E-state index contributed by atoms with van der Waals surface area (Å²) in [7, 11) is 0. The SMILES string of the molecule is CC#Cc1ccccc1Nc1ccc(Cl)cc1.CC(C)(C)OC(=O)C[C@H](N)C(=O)O.CC(C)(C)OC(=O)C[C@H](N=[N+]=[N-])C(=O)Cl.CC(C)(C)OC(=O)C[C@H](N=[N+]=[N-])C(=O)O.Cc1nnn2c1-c1ccccc1N(c1ccc(Cl)cc1)C(=O)C2CC(=O)O.Cc1nnn2c1-c1ccccc1N(c1ccc(Cl)cc1)C(=O)C2CC(=O)OC(C)(C)C.Cc1nnn2c1-c1ccccc1N(c1ccc(Cl)cc1)C(=O)C2CCO. The molecule has 3 aliphatic heterocycles. The van der Waals surface area contributed by atoms with Crippen molar-refractivity contribution < 1.29 is 92.1 Å². The third kappa shape index (κ3) is 32.7. The van der Waals surface area contributed by atoms with E-state index in [1.807, 2.05) is 154 Å². The van der Waals surface area contributed by atoms with Crippen molar-refractivity contribution in [3.05, 3.63) is 258 Å². The van der Waals surface area contributed by atoms with Crippen LogP contribution in [0.15, 0.2) is 204 Å². The van der Waals surface area contributed by atoms with Gasteiger partial charge in [-0.2, -0.15) is 0 Å². The van der Waals surface area contributed by atoms with E-state index in [0.717, 1.165) is 55.7 Å². The number of carbonyl (C=O) groups excluding carboxylic acids is 8. The number of nitrogens with zero attached hydrogens (tertiary/aromatic N) is 18. The molecule has 44 heteroatoms. The fourth-order valence-electron chi connectivity index (χ4n) is 14.2. The minimum Gasteiger partial charge on any atom is -0.481 e. The molecular formula is C100H107Cl5N20O19. The Morgan fingerprint density at radius 1 is 0.451 bits per heavy atom. The third-order valence-electron chi connectivity index (χ3n) is 19.9. The maximum absolute atomic E-state index is 13.9. The number of carboxylic acid groups (broad SMARTS) is 3. The van der Waals surface area contributed by atoms with E-state index < -0.39 is 124 Å². The predicted molar refractivity (Wildman–Crippen MR) is 543 cm³/mol. The summed E-state index contributed by atoms with van der Waals surface area (Å²) in [5.41, 5.74) is 32.4. The number of esters is 4. The van der Waals surface area contributed by atoms with Crippen molar-refractivity contribution >= 4 is 168 Å². The number of aromatic nitrogens is 9. The Morgan fingerprint density at radius 2 is 0.771 bits per heavy atom. The molecule has 7 N–H and O–H groups in total. The number of nitrogens with one attached hydrogen (secondary N) is 1. The van der Waals surface area contributed by atoms with Crippen LogP contribution in [-0.4, -0.2) is 177 Å². The smallest absolute Gasteiger partial charge is 0.321 e. The van der Waals surface area contributed by atoms with E-state index in [2.05, 4.69) is 68.1 Å². The van der Waals surface area contributed by atoms with Crippen LogP contribution in [0.4, 0.5) is 45.5 Å². The maximum Gasteiger partial charge on any atom is 0.321 e. The van der Waals surface area contributed by atoms with E-state index in [9.17, 15) is 63.0 Å². The summed E-state index contributed by atoms with van der Waals surface area (Å²) in [6.07, 6.45) is -1.41. The van der Waals surface area contributed by atoms with E-state index in [0.29, 0.717) is 66.3 Å². The number of rotatable bonds is 22. The van der Waals surface area contributed by atoms with Crippen LogP contribution in [0.2, 0.25) is 20.1 Å². The minimum absolute atomic E-state index is 0.125. The van der Waals surface area contributed by atoms with E-state index in [1.165, 1.54) is 14.3 Å². The van der Waals surface area contributed by atoms with Crippen LogP contribution in [0.5, 0.6) is 0 Å². The molecule has 0 spiro atoms. The largest absolute Gasteiger partial charge is 0.481 e. The monoisotopic (exact) mass is 2070 g/mol. The van der Waals surface area contributed by atoms with E-state index >= 15 is 0 Å². The zero-order chi connectivity index (χ0) is 107. The summed E-state index contributed by atoms with van der Waals surface area (Å²) in [5.74, 6) is -0.937. The molecule has 3 aliphatic rings. The van der Waals surface area contributed by atoms with Gasteiger partial charge in [-0.15, -0.1) is 21.2 Å². The number of aryl methyl sites for hydroxylation is 3. The Morgan fingerprint density at radius 3 is 1.11 bits per heavy atom. The number of halogens is 5. The summed E-state index contributed by atoms with van der Waals surface area (Å²) in [5, 5.41) is 71.7. The highest BCUT2D eigenvalue weighted by Crippen LogP contribution is 2.47. The first kappa shape index (κ1) is 114. The van der Waals surface area contributed by atoms with Crippen LogP contribution in [-0.2, 0) is 71.7 Å². The number of azide groups is 2. The van der Waals surface area contributed by atoms with Gasteiger partial charge in [0.15, 0.2) is 0 Å². The molecule has 0 aliphatic carbocycles. The molecule has 6 heterocycles. The molecule has 3 amide bonds. The van der Waals surface area contributed by atoms with Crippen LogP contribution in [0, 0.1) is 32.6 Å².